The summed E-state index contributed by atoms with van der Waals surface area (Å²) < 4.78 is 0. The normalized spacial score (nSPS) is 17.1. The third-order valence-corrected chi connectivity index (χ3v) is 4.67. The van der Waals surface area contributed by atoms with Crippen molar-refractivity contribution in [3.05, 3.63) is 62.2 Å². The fourth-order valence-electron chi connectivity index (χ4n) is 2.14. The van der Waals surface area contributed by atoms with E-state index in [1.54, 1.807) is 22.7 Å². The minimum atomic E-state index is 0.988. The van der Waals surface area contributed by atoms with Crippen molar-refractivity contribution in [3.8, 4) is 0 Å². The minimum Gasteiger partial charge on any atom is -0.254 e. The Morgan fingerprint density at radius 2 is 1.72 bits per heavy atom. The molecule has 0 unspecified atom stereocenters. The summed E-state index contributed by atoms with van der Waals surface area (Å²) in [7, 11) is 0. The maximum Gasteiger partial charge on any atom is 0.0995 e. The van der Waals surface area contributed by atoms with Crippen molar-refractivity contribution in [1.29, 1.82) is 0 Å². The maximum atomic E-state index is 4.73. The van der Waals surface area contributed by atoms with Crippen LogP contribution in [-0.4, -0.2) is 11.9 Å². The van der Waals surface area contributed by atoms with Gasteiger partial charge in [0.15, 0.2) is 0 Å². The van der Waals surface area contributed by atoms with E-state index in [1.165, 1.54) is 15.3 Å². The molecular formula is C14H8N2S2. The van der Waals surface area contributed by atoms with Gasteiger partial charge in [0.2, 0.25) is 0 Å². The molecule has 0 aromatic carbocycles. The van der Waals surface area contributed by atoms with Crippen LogP contribution >= 0.6 is 22.7 Å². The van der Waals surface area contributed by atoms with Gasteiger partial charge in [0.1, 0.15) is 0 Å². The molecule has 0 spiro atoms. The Morgan fingerprint density at radius 3 is 2.44 bits per heavy atom. The van der Waals surface area contributed by atoms with E-state index in [0.717, 1.165) is 17.1 Å². The minimum absolute atomic E-state index is 0.988. The molecule has 4 heterocycles. The molecule has 2 aliphatic rings. The molecule has 0 saturated carbocycles. The van der Waals surface area contributed by atoms with Crippen molar-refractivity contribution >= 4 is 40.2 Å². The van der Waals surface area contributed by atoms with Crippen LogP contribution < -0.4 is 0 Å². The number of hydrogen-bond acceptors (Lipinski definition) is 4. The van der Waals surface area contributed by atoms with Crippen molar-refractivity contribution in [2.24, 2.45) is 9.98 Å². The fourth-order valence-corrected chi connectivity index (χ4v) is 3.64. The SMILES string of the molecule is C1=NC2=C(c3cccs3)C(c3cccs3)=NC2=C1. The smallest absolute Gasteiger partial charge is 0.0995 e. The molecule has 0 atom stereocenters. The highest BCUT2D eigenvalue weighted by Crippen LogP contribution is 2.39. The second-order valence-electron chi connectivity index (χ2n) is 3.97. The highest BCUT2D eigenvalue weighted by molar-refractivity contribution is 7.14. The summed E-state index contributed by atoms with van der Waals surface area (Å²) >= 11 is 3.46. The Balaban J connectivity index is 1.95. The zero-order valence-electron chi connectivity index (χ0n) is 9.33. The van der Waals surface area contributed by atoms with Gasteiger partial charge in [-0.05, 0) is 29.0 Å². The quantitative estimate of drug-likeness (QED) is 0.786. The van der Waals surface area contributed by atoms with Gasteiger partial charge in [0.05, 0.1) is 22.0 Å². The van der Waals surface area contributed by atoms with Crippen molar-refractivity contribution in [1.82, 2.24) is 0 Å². The largest absolute Gasteiger partial charge is 0.254 e. The molecule has 2 aromatic rings. The molecule has 4 heteroatoms. The molecule has 18 heavy (non-hydrogen) atoms. The molecule has 0 N–H and O–H groups in total. The molecule has 0 aliphatic carbocycles. The highest BCUT2D eigenvalue weighted by atomic mass is 32.1. The third-order valence-electron chi connectivity index (χ3n) is 2.91. The zero-order valence-corrected chi connectivity index (χ0v) is 11.0. The average molecular weight is 268 g/mol. The number of aliphatic imine (C=N–C) groups is 2. The van der Waals surface area contributed by atoms with Gasteiger partial charge in [0, 0.05) is 16.7 Å². The fraction of sp³-hybridized carbons (Fsp3) is 0. The van der Waals surface area contributed by atoms with Gasteiger partial charge in [-0.15, -0.1) is 22.7 Å². The lowest BCUT2D eigenvalue weighted by atomic mass is 10.1. The molecule has 0 saturated heterocycles. The number of rotatable bonds is 2. The topological polar surface area (TPSA) is 24.7 Å². The van der Waals surface area contributed by atoms with Crippen LogP contribution in [0, 0.1) is 0 Å². The Labute approximate surface area is 112 Å². The zero-order chi connectivity index (χ0) is 11.9. The first-order chi connectivity index (χ1) is 8.93. The van der Waals surface area contributed by atoms with Crippen LogP contribution in [0.4, 0.5) is 0 Å². The molecule has 86 valence electrons. The molecule has 2 nitrogen and oxygen atoms in total. The summed E-state index contributed by atoms with van der Waals surface area (Å²) in [4.78, 5) is 11.6. The lowest BCUT2D eigenvalue weighted by Crippen LogP contribution is -1.98. The Hall–Kier alpha value is -1.78. The third kappa shape index (κ3) is 1.39. The second-order valence-corrected chi connectivity index (χ2v) is 5.86. The predicted molar refractivity (Wildman–Crippen MR) is 78.7 cm³/mol. The van der Waals surface area contributed by atoms with Crippen LogP contribution in [0.25, 0.3) is 5.57 Å². The summed E-state index contributed by atoms with van der Waals surface area (Å²) in [6.45, 7) is 0. The first-order valence-corrected chi connectivity index (χ1v) is 7.35. The molecule has 0 radical (unpaired) electrons. The van der Waals surface area contributed by atoms with E-state index in [1.807, 2.05) is 12.3 Å². The maximum absolute atomic E-state index is 4.73. The van der Waals surface area contributed by atoms with E-state index in [0.29, 0.717) is 0 Å². The number of allylic oxidation sites excluding steroid dienone is 2. The van der Waals surface area contributed by atoms with E-state index in [9.17, 15) is 0 Å². The van der Waals surface area contributed by atoms with Gasteiger partial charge in [-0.3, -0.25) is 4.99 Å². The predicted octanol–water partition coefficient (Wildman–Crippen LogP) is 3.99. The summed E-state index contributed by atoms with van der Waals surface area (Å²) in [6, 6.07) is 8.38. The lowest BCUT2D eigenvalue weighted by molar-refractivity contribution is 1.33. The van der Waals surface area contributed by atoms with Gasteiger partial charge >= 0.3 is 0 Å². The van der Waals surface area contributed by atoms with Crippen molar-refractivity contribution in [2.75, 3.05) is 0 Å². The first-order valence-electron chi connectivity index (χ1n) is 5.59. The molecular weight excluding hydrogens is 260 g/mol. The van der Waals surface area contributed by atoms with Gasteiger partial charge in [0.25, 0.3) is 0 Å². The monoisotopic (exact) mass is 268 g/mol. The van der Waals surface area contributed by atoms with E-state index >= 15 is 0 Å². The number of fused-ring (bicyclic) bond motifs is 1. The van der Waals surface area contributed by atoms with Crippen LogP contribution in [-0.2, 0) is 0 Å². The first kappa shape index (κ1) is 10.2. The standard InChI is InChI=1S/C14H8N2S2/c1-3-10(17-7-1)12-13-9(5-6-15-13)16-14(12)11-4-2-8-18-11/h1-8H. The lowest BCUT2D eigenvalue weighted by Gasteiger charge is -2.03. The number of thiophene rings is 2. The van der Waals surface area contributed by atoms with Gasteiger partial charge in [-0.25, -0.2) is 4.99 Å². The van der Waals surface area contributed by atoms with Crippen molar-refractivity contribution < 1.29 is 0 Å². The van der Waals surface area contributed by atoms with Crippen LogP contribution in [0.5, 0.6) is 0 Å². The van der Waals surface area contributed by atoms with Crippen LogP contribution in [0.1, 0.15) is 9.75 Å². The van der Waals surface area contributed by atoms with E-state index < -0.39 is 0 Å². The van der Waals surface area contributed by atoms with Gasteiger partial charge < -0.3 is 0 Å². The molecule has 2 aliphatic heterocycles. The van der Waals surface area contributed by atoms with E-state index in [-0.39, 0.29) is 0 Å². The Morgan fingerprint density at radius 1 is 0.944 bits per heavy atom. The van der Waals surface area contributed by atoms with Crippen LogP contribution in [0.2, 0.25) is 0 Å². The second kappa shape index (κ2) is 3.86. The van der Waals surface area contributed by atoms with Crippen molar-refractivity contribution in [2.45, 2.75) is 0 Å². The van der Waals surface area contributed by atoms with E-state index in [2.05, 4.69) is 40.0 Å². The van der Waals surface area contributed by atoms with Gasteiger partial charge in [-0.1, -0.05) is 12.1 Å². The summed E-state index contributed by atoms with van der Waals surface area (Å²) in [5, 5.41) is 4.18. The summed E-state index contributed by atoms with van der Waals surface area (Å²) in [6.07, 6.45) is 3.80. The van der Waals surface area contributed by atoms with Gasteiger partial charge in [-0.2, -0.15) is 0 Å². The van der Waals surface area contributed by atoms with E-state index in [4.69, 9.17) is 4.99 Å². The highest BCUT2D eigenvalue weighted by Gasteiger charge is 2.28. The molecule has 0 bridgehead atoms. The number of nitrogens with zero attached hydrogens (tertiary/aromatic N) is 2. The summed E-state index contributed by atoms with van der Waals surface area (Å²) in [5.74, 6) is 0. The Bertz CT molecular complexity index is 714. The molecule has 0 fully saturated rings. The Kier molecular flexibility index (Phi) is 2.18. The molecule has 4 rings (SSSR count). The average Bonchev–Trinajstić information content (AvgIpc) is 3.13. The number of hydrogen-bond donors (Lipinski definition) is 0. The van der Waals surface area contributed by atoms with Crippen LogP contribution in [0.15, 0.2) is 62.5 Å². The summed E-state index contributed by atoms with van der Waals surface area (Å²) in [5.41, 5.74) is 4.24. The van der Waals surface area contributed by atoms with Crippen molar-refractivity contribution in [3.63, 3.8) is 0 Å². The van der Waals surface area contributed by atoms with Crippen LogP contribution in [0.3, 0.4) is 0 Å². The molecule has 0 amide bonds. The molecule has 2 aromatic heterocycles.